The van der Waals surface area contributed by atoms with Gasteiger partial charge in [-0.25, -0.2) is 13.4 Å². The van der Waals surface area contributed by atoms with Gasteiger partial charge in [0.25, 0.3) is 0 Å². The standard InChI is InChI=1S/C30H39N9O3S/c1-36-16-18-38(19-17-36)21-10-13-37(14-11-21)22-8-9-26(27(20-22)42-2)39-15-12-25-28(39)29(34-30(31)33-25)32-23-6-4-5-7-24(23)35-43(3,40)41/h4-9,12,15,20-21,35H,10-11,13-14,16-19H2,1-3H3,(H3,31,32,33,34). The van der Waals surface area contributed by atoms with E-state index in [2.05, 4.69) is 60.0 Å². The van der Waals surface area contributed by atoms with E-state index in [0.29, 0.717) is 34.3 Å². The molecule has 4 aromatic rings. The Hall–Kier alpha value is -4.07. The molecule has 2 aliphatic heterocycles. The van der Waals surface area contributed by atoms with Crippen LogP contribution in [0.15, 0.2) is 54.7 Å². The highest BCUT2D eigenvalue weighted by atomic mass is 32.2. The van der Waals surface area contributed by atoms with E-state index in [1.807, 2.05) is 22.9 Å². The van der Waals surface area contributed by atoms with Gasteiger partial charge in [0.05, 0.1) is 35.9 Å². The molecule has 0 bridgehead atoms. The number of nitrogens with two attached hydrogens (primary N) is 1. The van der Waals surface area contributed by atoms with E-state index in [1.165, 1.54) is 0 Å². The minimum absolute atomic E-state index is 0.101. The molecule has 2 fully saturated rings. The van der Waals surface area contributed by atoms with Crippen molar-refractivity contribution in [1.82, 2.24) is 24.3 Å². The van der Waals surface area contributed by atoms with Gasteiger partial charge in [0.1, 0.15) is 11.3 Å². The van der Waals surface area contributed by atoms with Crippen LogP contribution in [0, 0.1) is 0 Å². The molecule has 12 nitrogen and oxygen atoms in total. The minimum atomic E-state index is -3.49. The maximum absolute atomic E-state index is 12.0. The SMILES string of the molecule is COc1cc(N2CCC(N3CCN(C)CC3)CC2)ccc1-n1ccc2nc(N)nc(Nc3ccccc3NS(C)(=O)=O)c21. The number of ether oxygens (including phenoxy) is 1. The molecule has 0 spiro atoms. The van der Waals surface area contributed by atoms with E-state index in [1.54, 1.807) is 25.3 Å². The second kappa shape index (κ2) is 11.9. The molecule has 2 aliphatic rings. The van der Waals surface area contributed by atoms with Crippen LogP contribution in [0.25, 0.3) is 16.7 Å². The first-order valence-corrected chi connectivity index (χ1v) is 16.4. The fraction of sp³-hybridized carbons (Fsp3) is 0.400. The average Bonchev–Trinajstić information content (AvgIpc) is 3.41. The molecule has 4 N–H and O–H groups in total. The third-order valence-corrected chi connectivity index (χ3v) is 8.92. The molecular weight excluding hydrogens is 566 g/mol. The van der Waals surface area contributed by atoms with Crippen LogP contribution in [0.4, 0.5) is 28.8 Å². The summed E-state index contributed by atoms with van der Waals surface area (Å²) in [4.78, 5) is 16.4. The second-order valence-corrected chi connectivity index (χ2v) is 13.1. The highest BCUT2D eigenvalue weighted by Gasteiger charge is 2.27. The number of rotatable bonds is 8. The van der Waals surface area contributed by atoms with Gasteiger partial charge in [-0.2, -0.15) is 4.98 Å². The van der Waals surface area contributed by atoms with Crippen LogP contribution in [0.1, 0.15) is 12.8 Å². The van der Waals surface area contributed by atoms with Crippen molar-refractivity contribution in [3.05, 3.63) is 54.7 Å². The van der Waals surface area contributed by atoms with Gasteiger partial charge in [-0.15, -0.1) is 0 Å². The number of para-hydroxylation sites is 2. The summed E-state index contributed by atoms with van der Waals surface area (Å²) in [5, 5.41) is 3.27. The zero-order valence-electron chi connectivity index (χ0n) is 24.8. The number of piperazine rings is 1. The molecule has 0 radical (unpaired) electrons. The third kappa shape index (κ3) is 6.33. The van der Waals surface area contributed by atoms with E-state index >= 15 is 0 Å². The maximum atomic E-state index is 12.0. The molecule has 0 atom stereocenters. The van der Waals surface area contributed by atoms with Crippen molar-refractivity contribution in [3.8, 4) is 11.4 Å². The van der Waals surface area contributed by atoms with Crippen LogP contribution in [-0.2, 0) is 10.0 Å². The van der Waals surface area contributed by atoms with Crippen molar-refractivity contribution in [3.63, 3.8) is 0 Å². The van der Waals surface area contributed by atoms with E-state index in [0.717, 1.165) is 75.5 Å². The normalized spacial score (nSPS) is 17.3. The van der Waals surface area contributed by atoms with Crippen molar-refractivity contribution < 1.29 is 13.2 Å². The molecule has 2 aromatic carbocycles. The Bertz CT molecular complexity index is 1710. The van der Waals surface area contributed by atoms with Crippen molar-refractivity contribution in [2.24, 2.45) is 0 Å². The highest BCUT2D eigenvalue weighted by molar-refractivity contribution is 7.92. The predicted molar refractivity (Wildman–Crippen MR) is 172 cm³/mol. The number of sulfonamides is 1. The van der Waals surface area contributed by atoms with Gasteiger partial charge in [0.2, 0.25) is 16.0 Å². The third-order valence-electron chi connectivity index (χ3n) is 8.33. The molecule has 4 heterocycles. The summed E-state index contributed by atoms with van der Waals surface area (Å²) in [6.45, 7) is 6.61. The van der Waals surface area contributed by atoms with Crippen LogP contribution in [0.5, 0.6) is 5.75 Å². The second-order valence-electron chi connectivity index (χ2n) is 11.3. The highest BCUT2D eigenvalue weighted by Crippen LogP contribution is 2.36. The predicted octanol–water partition coefficient (Wildman–Crippen LogP) is 3.34. The lowest BCUT2D eigenvalue weighted by Crippen LogP contribution is -2.52. The van der Waals surface area contributed by atoms with Crippen LogP contribution in [0.3, 0.4) is 0 Å². The molecule has 2 saturated heterocycles. The van der Waals surface area contributed by atoms with Gasteiger partial charge in [0.15, 0.2) is 5.82 Å². The monoisotopic (exact) mass is 605 g/mol. The lowest BCUT2D eigenvalue weighted by Gasteiger charge is -2.42. The van der Waals surface area contributed by atoms with Crippen LogP contribution in [-0.4, -0.2) is 98.5 Å². The summed E-state index contributed by atoms with van der Waals surface area (Å²) in [5.74, 6) is 1.26. The number of aromatic nitrogens is 3. The summed E-state index contributed by atoms with van der Waals surface area (Å²) in [6, 6.07) is 15.8. The molecule has 13 heteroatoms. The number of hydrogen-bond donors (Lipinski definition) is 3. The van der Waals surface area contributed by atoms with Crippen molar-refractivity contribution in [2.45, 2.75) is 18.9 Å². The van der Waals surface area contributed by atoms with Crippen LogP contribution in [0.2, 0.25) is 0 Å². The number of piperidine rings is 1. The molecule has 0 unspecified atom stereocenters. The number of likely N-dealkylation sites (N-methyl/N-ethyl adjacent to an activating group) is 1. The Morgan fingerprint density at radius 1 is 0.953 bits per heavy atom. The van der Waals surface area contributed by atoms with Crippen LogP contribution < -0.4 is 25.4 Å². The fourth-order valence-corrected chi connectivity index (χ4v) is 6.68. The van der Waals surface area contributed by atoms with Crippen molar-refractivity contribution in [1.29, 1.82) is 0 Å². The number of fused-ring (bicyclic) bond motifs is 1. The van der Waals surface area contributed by atoms with Gasteiger partial charge in [-0.1, -0.05) is 12.1 Å². The Kier molecular flexibility index (Phi) is 8.03. The Morgan fingerprint density at radius 3 is 2.37 bits per heavy atom. The summed E-state index contributed by atoms with van der Waals surface area (Å²) < 4.78 is 34.4. The van der Waals surface area contributed by atoms with Crippen molar-refractivity contribution in [2.75, 3.05) is 80.4 Å². The zero-order valence-corrected chi connectivity index (χ0v) is 25.6. The maximum Gasteiger partial charge on any atom is 0.229 e. The lowest BCUT2D eigenvalue weighted by atomic mass is 10.0. The first-order valence-electron chi connectivity index (χ1n) is 14.5. The fourth-order valence-electron chi connectivity index (χ4n) is 6.10. The Morgan fingerprint density at radius 2 is 1.67 bits per heavy atom. The van der Waals surface area contributed by atoms with Gasteiger partial charge in [-0.3, -0.25) is 9.62 Å². The summed E-state index contributed by atoms with van der Waals surface area (Å²) in [6.07, 6.45) is 5.32. The van der Waals surface area contributed by atoms with Gasteiger partial charge in [0, 0.05) is 63.3 Å². The minimum Gasteiger partial charge on any atom is -0.494 e. The number of anilines is 5. The Labute approximate surface area is 252 Å². The summed E-state index contributed by atoms with van der Waals surface area (Å²) in [7, 11) is 0.382. The molecule has 43 heavy (non-hydrogen) atoms. The summed E-state index contributed by atoms with van der Waals surface area (Å²) in [5.41, 5.74) is 10.3. The van der Waals surface area contributed by atoms with Crippen LogP contribution >= 0.6 is 0 Å². The Balaban J connectivity index is 1.28. The number of hydrogen-bond acceptors (Lipinski definition) is 10. The molecule has 0 saturated carbocycles. The zero-order chi connectivity index (χ0) is 30.1. The quantitative estimate of drug-likeness (QED) is 0.275. The molecule has 6 rings (SSSR count). The number of benzene rings is 2. The number of methoxy groups -OCH3 is 1. The summed E-state index contributed by atoms with van der Waals surface area (Å²) >= 11 is 0. The number of nitrogens with one attached hydrogen (secondary N) is 2. The molecular formula is C30H39N9O3S. The van der Waals surface area contributed by atoms with E-state index in [9.17, 15) is 8.42 Å². The lowest BCUT2D eigenvalue weighted by molar-refractivity contribution is 0.0982. The molecule has 228 valence electrons. The smallest absolute Gasteiger partial charge is 0.229 e. The van der Waals surface area contributed by atoms with E-state index < -0.39 is 10.0 Å². The van der Waals surface area contributed by atoms with Gasteiger partial charge >= 0.3 is 0 Å². The number of nitrogen functional groups attached to an aromatic ring is 1. The molecule has 0 amide bonds. The first-order chi connectivity index (χ1) is 20.7. The van der Waals surface area contributed by atoms with E-state index in [4.69, 9.17) is 10.5 Å². The van der Waals surface area contributed by atoms with Crippen molar-refractivity contribution >= 4 is 49.9 Å². The molecule has 2 aromatic heterocycles. The van der Waals surface area contributed by atoms with Gasteiger partial charge in [-0.05, 0) is 50.2 Å². The van der Waals surface area contributed by atoms with Gasteiger partial charge < -0.3 is 30.2 Å². The average molecular weight is 606 g/mol. The first kappa shape index (κ1) is 29.0. The largest absolute Gasteiger partial charge is 0.494 e. The van der Waals surface area contributed by atoms with E-state index in [-0.39, 0.29) is 5.95 Å². The molecule has 0 aliphatic carbocycles. The number of nitrogens with zero attached hydrogens (tertiary/aromatic N) is 6. The topological polar surface area (TPSA) is 134 Å².